The minimum atomic E-state index is -0.341. The Morgan fingerprint density at radius 1 is 1.50 bits per heavy atom. The zero-order valence-corrected chi connectivity index (χ0v) is 10.4. The fraction of sp³-hybridized carbons (Fsp3) is 0.385. The first-order valence-electron chi connectivity index (χ1n) is 6.04. The van der Waals surface area contributed by atoms with E-state index < -0.39 is 0 Å². The molecular formula is C13H17N3O2. The van der Waals surface area contributed by atoms with E-state index in [1.165, 1.54) is 5.57 Å². The van der Waals surface area contributed by atoms with Crippen LogP contribution in [-0.4, -0.2) is 24.6 Å². The smallest absolute Gasteiger partial charge is 0.292 e. The number of hydrogen-bond donors (Lipinski definition) is 2. The highest BCUT2D eigenvalue weighted by molar-refractivity contribution is 5.62. The van der Waals surface area contributed by atoms with Crippen LogP contribution in [0.5, 0.6) is 0 Å². The van der Waals surface area contributed by atoms with Gasteiger partial charge in [-0.2, -0.15) is 0 Å². The molecule has 0 saturated heterocycles. The van der Waals surface area contributed by atoms with Gasteiger partial charge in [-0.1, -0.05) is 17.7 Å². The molecule has 96 valence electrons. The average Bonchev–Trinajstić information content (AvgIpc) is 2.38. The molecule has 5 heteroatoms. The molecule has 5 nitrogen and oxygen atoms in total. The summed E-state index contributed by atoms with van der Waals surface area (Å²) >= 11 is 0. The van der Waals surface area contributed by atoms with Crippen LogP contribution in [0, 0.1) is 17.0 Å². The molecule has 0 fully saturated rings. The number of nitrogens with one attached hydrogen (secondary N) is 2. The van der Waals surface area contributed by atoms with E-state index in [4.69, 9.17) is 0 Å². The van der Waals surface area contributed by atoms with Crippen molar-refractivity contribution in [3.8, 4) is 0 Å². The van der Waals surface area contributed by atoms with Crippen LogP contribution in [0.4, 0.5) is 11.4 Å². The van der Waals surface area contributed by atoms with Crippen molar-refractivity contribution in [3.05, 3.63) is 45.5 Å². The molecule has 0 unspecified atom stereocenters. The summed E-state index contributed by atoms with van der Waals surface area (Å²) in [7, 11) is 0. The van der Waals surface area contributed by atoms with Crippen molar-refractivity contribution in [3.63, 3.8) is 0 Å². The number of nitro groups is 1. The van der Waals surface area contributed by atoms with Gasteiger partial charge in [0, 0.05) is 19.2 Å². The third-order valence-electron chi connectivity index (χ3n) is 3.01. The first-order chi connectivity index (χ1) is 8.66. The Morgan fingerprint density at radius 2 is 2.33 bits per heavy atom. The van der Waals surface area contributed by atoms with Crippen molar-refractivity contribution in [1.82, 2.24) is 5.32 Å². The molecule has 2 rings (SSSR count). The molecule has 18 heavy (non-hydrogen) atoms. The Kier molecular flexibility index (Phi) is 3.94. The molecule has 0 saturated carbocycles. The molecule has 1 heterocycles. The van der Waals surface area contributed by atoms with Crippen LogP contribution >= 0.6 is 0 Å². The van der Waals surface area contributed by atoms with Gasteiger partial charge in [0.25, 0.3) is 5.69 Å². The maximum Gasteiger partial charge on any atom is 0.292 e. The molecule has 0 atom stereocenters. The minimum Gasteiger partial charge on any atom is -0.376 e. The van der Waals surface area contributed by atoms with E-state index in [2.05, 4.69) is 16.7 Å². The highest BCUT2D eigenvalue weighted by atomic mass is 16.6. The van der Waals surface area contributed by atoms with Crippen LogP contribution in [-0.2, 0) is 0 Å². The van der Waals surface area contributed by atoms with E-state index in [0.717, 1.165) is 25.1 Å². The third-order valence-corrected chi connectivity index (χ3v) is 3.01. The Hall–Kier alpha value is -1.88. The van der Waals surface area contributed by atoms with Gasteiger partial charge in [-0.15, -0.1) is 0 Å². The van der Waals surface area contributed by atoms with Crippen molar-refractivity contribution in [2.45, 2.75) is 13.3 Å². The van der Waals surface area contributed by atoms with Crippen molar-refractivity contribution < 1.29 is 4.92 Å². The van der Waals surface area contributed by atoms with Crippen LogP contribution in [0.25, 0.3) is 0 Å². The van der Waals surface area contributed by atoms with Crippen molar-refractivity contribution >= 4 is 11.4 Å². The Bertz CT molecular complexity index is 483. The second-order valence-corrected chi connectivity index (χ2v) is 4.45. The lowest BCUT2D eigenvalue weighted by molar-refractivity contribution is -0.384. The van der Waals surface area contributed by atoms with Crippen molar-refractivity contribution in [1.29, 1.82) is 0 Å². The molecule has 2 N–H and O–H groups in total. The number of anilines is 1. The fourth-order valence-electron chi connectivity index (χ4n) is 1.98. The molecule has 1 aromatic rings. The normalized spacial score (nSPS) is 15.1. The van der Waals surface area contributed by atoms with Gasteiger partial charge in [-0.25, -0.2) is 0 Å². The highest BCUT2D eigenvalue weighted by Crippen LogP contribution is 2.25. The molecule has 0 aliphatic carbocycles. The van der Waals surface area contributed by atoms with Gasteiger partial charge < -0.3 is 10.6 Å². The first-order valence-corrected chi connectivity index (χ1v) is 6.04. The number of benzene rings is 1. The van der Waals surface area contributed by atoms with Crippen LogP contribution in [0.3, 0.4) is 0 Å². The predicted molar refractivity (Wildman–Crippen MR) is 71.9 cm³/mol. The highest BCUT2D eigenvalue weighted by Gasteiger charge is 2.13. The van der Waals surface area contributed by atoms with Gasteiger partial charge in [0.05, 0.1) is 4.92 Å². The molecule has 0 aromatic heterocycles. The Morgan fingerprint density at radius 3 is 3.00 bits per heavy atom. The summed E-state index contributed by atoms with van der Waals surface area (Å²) in [5, 5.41) is 17.4. The van der Waals surface area contributed by atoms with Crippen LogP contribution in [0.1, 0.15) is 12.0 Å². The quantitative estimate of drug-likeness (QED) is 0.486. The number of aryl methyl sites for hydroxylation is 1. The first kappa shape index (κ1) is 12.6. The maximum atomic E-state index is 11.0. The predicted octanol–water partition coefficient (Wildman–Crippen LogP) is 2.23. The van der Waals surface area contributed by atoms with E-state index in [1.807, 2.05) is 13.0 Å². The summed E-state index contributed by atoms with van der Waals surface area (Å²) in [6.45, 7) is 4.38. The lowest BCUT2D eigenvalue weighted by atomic mass is 10.1. The van der Waals surface area contributed by atoms with Crippen molar-refractivity contribution in [2.24, 2.45) is 0 Å². The molecule has 0 bridgehead atoms. The topological polar surface area (TPSA) is 67.2 Å². The van der Waals surface area contributed by atoms with Gasteiger partial charge in [0.15, 0.2) is 0 Å². The second kappa shape index (κ2) is 5.64. The summed E-state index contributed by atoms with van der Waals surface area (Å²) in [6, 6.07) is 5.25. The Labute approximate surface area is 106 Å². The van der Waals surface area contributed by atoms with E-state index in [1.54, 1.807) is 12.1 Å². The second-order valence-electron chi connectivity index (χ2n) is 4.45. The van der Waals surface area contributed by atoms with E-state index in [-0.39, 0.29) is 10.6 Å². The summed E-state index contributed by atoms with van der Waals surface area (Å²) in [6.07, 6.45) is 3.13. The summed E-state index contributed by atoms with van der Waals surface area (Å²) in [5.41, 5.74) is 2.92. The number of nitro benzene ring substituents is 1. The maximum absolute atomic E-state index is 11.0. The molecule has 0 radical (unpaired) electrons. The van der Waals surface area contributed by atoms with Gasteiger partial charge in [0.2, 0.25) is 0 Å². The standard InChI is InChI=1S/C13H17N3O2/c1-10-2-3-12(13(8-10)16(17)18)15-9-11-4-6-14-7-5-11/h2-4,8,14-15H,5-7,9H2,1H3. The Balaban J connectivity index is 2.08. The monoisotopic (exact) mass is 247 g/mol. The summed E-state index contributed by atoms with van der Waals surface area (Å²) in [4.78, 5) is 10.6. The zero-order valence-electron chi connectivity index (χ0n) is 10.4. The van der Waals surface area contributed by atoms with Crippen LogP contribution in [0.2, 0.25) is 0 Å². The molecular weight excluding hydrogens is 230 g/mol. The molecule has 0 amide bonds. The largest absolute Gasteiger partial charge is 0.376 e. The number of nitrogens with zero attached hydrogens (tertiary/aromatic N) is 1. The third kappa shape index (κ3) is 3.07. The summed E-state index contributed by atoms with van der Waals surface area (Å²) < 4.78 is 0. The lowest BCUT2D eigenvalue weighted by Gasteiger charge is -2.15. The van der Waals surface area contributed by atoms with E-state index in [0.29, 0.717) is 12.2 Å². The molecule has 1 aliphatic rings. The lowest BCUT2D eigenvalue weighted by Crippen LogP contribution is -2.23. The molecule has 0 spiro atoms. The van der Waals surface area contributed by atoms with Crippen molar-refractivity contribution in [2.75, 3.05) is 25.0 Å². The zero-order chi connectivity index (χ0) is 13.0. The van der Waals surface area contributed by atoms with Gasteiger partial charge >= 0.3 is 0 Å². The number of hydrogen-bond acceptors (Lipinski definition) is 4. The van der Waals surface area contributed by atoms with Gasteiger partial charge in [-0.3, -0.25) is 10.1 Å². The molecule has 1 aromatic carbocycles. The fourth-order valence-corrected chi connectivity index (χ4v) is 1.98. The molecule has 1 aliphatic heterocycles. The number of rotatable bonds is 4. The van der Waals surface area contributed by atoms with Gasteiger partial charge in [0.1, 0.15) is 5.69 Å². The van der Waals surface area contributed by atoms with Crippen LogP contribution in [0.15, 0.2) is 29.8 Å². The minimum absolute atomic E-state index is 0.143. The van der Waals surface area contributed by atoms with Gasteiger partial charge in [-0.05, 0) is 31.5 Å². The average molecular weight is 247 g/mol. The van der Waals surface area contributed by atoms with E-state index in [9.17, 15) is 10.1 Å². The van der Waals surface area contributed by atoms with Crippen LogP contribution < -0.4 is 10.6 Å². The van der Waals surface area contributed by atoms with E-state index >= 15 is 0 Å². The summed E-state index contributed by atoms with van der Waals surface area (Å²) in [5.74, 6) is 0. The SMILES string of the molecule is Cc1ccc(NCC2=CCNCC2)c([N+](=O)[O-])c1.